The van der Waals surface area contributed by atoms with Gasteiger partial charge in [0.25, 0.3) is 0 Å². The molecule has 0 aromatic heterocycles. The molecule has 0 heterocycles. The third kappa shape index (κ3) is 4.80. The molecule has 0 spiro atoms. The summed E-state index contributed by atoms with van der Waals surface area (Å²) in [6.07, 6.45) is -0.212. The zero-order valence-electron chi connectivity index (χ0n) is 13.0. The molecule has 0 saturated carbocycles. The number of nitrogens with one attached hydrogen (secondary N) is 1. The number of para-hydroxylation sites is 1. The first-order valence-electron chi connectivity index (χ1n) is 7.17. The van der Waals surface area contributed by atoms with Crippen LogP contribution in [-0.4, -0.2) is 12.0 Å². The molecule has 22 heavy (non-hydrogen) atoms. The minimum Gasteiger partial charge on any atom is -0.476 e. The molecule has 1 N–H and O–H groups in total. The summed E-state index contributed by atoms with van der Waals surface area (Å²) < 4.78 is 11.7. The van der Waals surface area contributed by atoms with Crippen LogP contribution in [0.15, 0.2) is 54.6 Å². The van der Waals surface area contributed by atoms with E-state index < -0.39 is 5.72 Å². The van der Waals surface area contributed by atoms with Gasteiger partial charge in [-0.1, -0.05) is 18.2 Å². The van der Waals surface area contributed by atoms with Crippen LogP contribution in [0.3, 0.4) is 0 Å². The van der Waals surface area contributed by atoms with Gasteiger partial charge in [-0.25, -0.2) is 5.32 Å². The van der Waals surface area contributed by atoms with E-state index in [4.69, 9.17) is 14.7 Å². The van der Waals surface area contributed by atoms with E-state index in [1.54, 1.807) is 24.3 Å². The fraction of sp³-hybridized carbons (Fsp3) is 0.278. The summed E-state index contributed by atoms with van der Waals surface area (Å²) in [5.41, 5.74) is 0.00131. The van der Waals surface area contributed by atoms with Crippen molar-refractivity contribution in [3.8, 4) is 17.6 Å². The zero-order chi connectivity index (χ0) is 16.0. The van der Waals surface area contributed by atoms with Crippen LogP contribution in [0.4, 0.5) is 0 Å². The van der Waals surface area contributed by atoms with E-state index in [0.717, 1.165) is 5.75 Å². The molecule has 2 aromatic carbocycles. The van der Waals surface area contributed by atoms with E-state index >= 15 is 0 Å². The number of nitriles is 1. The van der Waals surface area contributed by atoms with Gasteiger partial charge in [0, 0.05) is 0 Å². The molecule has 0 aliphatic carbocycles. The number of hydrogen-bond donors (Lipinski definition) is 1. The van der Waals surface area contributed by atoms with Gasteiger partial charge in [-0.2, -0.15) is 5.26 Å². The molecule has 114 valence electrons. The van der Waals surface area contributed by atoms with Gasteiger partial charge in [-0.3, -0.25) is 0 Å². The van der Waals surface area contributed by atoms with Gasteiger partial charge >= 0.3 is 0 Å². The smallest absolute Gasteiger partial charge is 0.158 e. The predicted octanol–water partition coefficient (Wildman–Crippen LogP) is 3.69. The molecular formula is C18H20N2O2. The van der Waals surface area contributed by atoms with Crippen LogP contribution in [0.2, 0.25) is 0 Å². The second-order valence-corrected chi connectivity index (χ2v) is 5.47. The predicted molar refractivity (Wildman–Crippen MR) is 85.5 cm³/mol. The Bertz CT molecular complexity index is 630. The van der Waals surface area contributed by atoms with Gasteiger partial charge < -0.3 is 9.47 Å². The van der Waals surface area contributed by atoms with E-state index in [-0.39, 0.29) is 6.23 Å². The maximum atomic E-state index is 8.80. The first-order chi connectivity index (χ1) is 10.5. The van der Waals surface area contributed by atoms with Crippen LogP contribution in [0.1, 0.15) is 26.3 Å². The highest BCUT2D eigenvalue weighted by molar-refractivity contribution is 5.34. The number of benzene rings is 2. The van der Waals surface area contributed by atoms with Crippen molar-refractivity contribution in [1.29, 1.82) is 5.26 Å². The van der Waals surface area contributed by atoms with E-state index in [2.05, 4.69) is 11.4 Å². The molecule has 1 atom stereocenters. The van der Waals surface area contributed by atoms with E-state index in [1.807, 2.05) is 51.1 Å². The molecule has 0 aliphatic rings. The third-order valence-corrected chi connectivity index (χ3v) is 2.96. The Hall–Kier alpha value is -2.51. The lowest BCUT2D eigenvalue weighted by atomic mass is 10.2. The van der Waals surface area contributed by atoms with Gasteiger partial charge in [0.1, 0.15) is 17.7 Å². The minimum absolute atomic E-state index is 0.212. The SMILES string of the molecule is CC(NC(C)(C)Oc1ccc(C#N)cc1)Oc1ccccc1. The summed E-state index contributed by atoms with van der Waals surface area (Å²) in [6.45, 7) is 5.78. The molecule has 1 unspecified atom stereocenters. The Labute approximate surface area is 131 Å². The van der Waals surface area contributed by atoms with Gasteiger partial charge in [0.2, 0.25) is 0 Å². The highest BCUT2D eigenvalue weighted by Gasteiger charge is 2.22. The van der Waals surface area contributed by atoms with Crippen molar-refractivity contribution in [3.63, 3.8) is 0 Å². The topological polar surface area (TPSA) is 54.3 Å². The van der Waals surface area contributed by atoms with Crippen LogP contribution < -0.4 is 14.8 Å². The normalized spacial score (nSPS) is 12.3. The number of rotatable bonds is 6. The largest absolute Gasteiger partial charge is 0.476 e. The third-order valence-electron chi connectivity index (χ3n) is 2.96. The Morgan fingerprint density at radius 3 is 2.23 bits per heavy atom. The van der Waals surface area contributed by atoms with Gasteiger partial charge in [-0.15, -0.1) is 0 Å². The summed E-state index contributed by atoms with van der Waals surface area (Å²) in [7, 11) is 0. The molecule has 4 heteroatoms. The van der Waals surface area contributed by atoms with Crippen LogP contribution in [0.5, 0.6) is 11.5 Å². The molecule has 0 radical (unpaired) electrons. The van der Waals surface area contributed by atoms with Crippen molar-refractivity contribution >= 4 is 0 Å². The van der Waals surface area contributed by atoms with Gasteiger partial charge in [-0.05, 0) is 57.2 Å². The van der Waals surface area contributed by atoms with Gasteiger partial charge in [0.15, 0.2) is 5.72 Å². The molecule has 0 amide bonds. The fourth-order valence-electron chi connectivity index (χ4n) is 2.14. The molecule has 0 saturated heterocycles. The molecule has 2 aromatic rings. The minimum atomic E-state index is -0.609. The molecule has 0 aliphatic heterocycles. The summed E-state index contributed by atoms with van der Waals surface area (Å²) in [5, 5.41) is 12.1. The Balaban J connectivity index is 1.93. The molecule has 2 rings (SSSR count). The lowest BCUT2D eigenvalue weighted by Gasteiger charge is -2.31. The molecule has 0 fully saturated rings. The monoisotopic (exact) mass is 296 g/mol. The summed E-state index contributed by atoms with van der Waals surface area (Å²) >= 11 is 0. The Kier molecular flexibility index (Phi) is 5.03. The highest BCUT2D eigenvalue weighted by atomic mass is 16.5. The first-order valence-corrected chi connectivity index (χ1v) is 7.17. The summed E-state index contributed by atoms with van der Waals surface area (Å²) in [4.78, 5) is 0. The van der Waals surface area contributed by atoms with Crippen LogP contribution >= 0.6 is 0 Å². The Morgan fingerprint density at radius 1 is 1.00 bits per heavy atom. The molecular weight excluding hydrogens is 276 g/mol. The lowest BCUT2D eigenvalue weighted by molar-refractivity contribution is 0.0167. The second-order valence-electron chi connectivity index (χ2n) is 5.47. The van der Waals surface area contributed by atoms with Crippen LogP contribution in [0, 0.1) is 11.3 Å². The molecule has 4 nitrogen and oxygen atoms in total. The maximum absolute atomic E-state index is 8.80. The van der Waals surface area contributed by atoms with E-state index in [0.29, 0.717) is 11.3 Å². The summed E-state index contributed by atoms with van der Waals surface area (Å²) in [6, 6.07) is 18.7. The van der Waals surface area contributed by atoms with Crippen molar-refractivity contribution in [2.75, 3.05) is 0 Å². The second kappa shape index (κ2) is 6.97. The van der Waals surface area contributed by atoms with Crippen molar-refractivity contribution in [2.24, 2.45) is 0 Å². The average Bonchev–Trinajstić information content (AvgIpc) is 2.48. The van der Waals surface area contributed by atoms with Gasteiger partial charge in [0.05, 0.1) is 11.6 Å². The van der Waals surface area contributed by atoms with Crippen molar-refractivity contribution in [3.05, 3.63) is 60.2 Å². The van der Waals surface area contributed by atoms with Crippen LogP contribution in [-0.2, 0) is 0 Å². The maximum Gasteiger partial charge on any atom is 0.158 e. The molecule has 0 bridgehead atoms. The quantitative estimate of drug-likeness (QED) is 0.826. The highest BCUT2D eigenvalue weighted by Crippen LogP contribution is 2.18. The average molecular weight is 296 g/mol. The van der Waals surface area contributed by atoms with E-state index in [9.17, 15) is 0 Å². The number of hydrogen-bond acceptors (Lipinski definition) is 4. The first kappa shape index (κ1) is 15.9. The summed E-state index contributed by atoms with van der Waals surface area (Å²) in [5.74, 6) is 1.50. The number of nitrogens with zero attached hydrogens (tertiary/aromatic N) is 1. The van der Waals surface area contributed by atoms with Crippen LogP contribution in [0.25, 0.3) is 0 Å². The van der Waals surface area contributed by atoms with E-state index in [1.165, 1.54) is 0 Å². The number of ether oxygens (including phenoxy) is 2. The van der Waals surface area contributed by atoms with Crippen molar-refractivity contribution in [2.45, 2.75) is 32.7 Å². The fourth-order valence-corrected chi connectivity index (χ4v) is 2.14. The lowest BCUT2D eigenvalue weighted by Crippen LogP contribution is -2.51. The van der Waals surface area contributed by atoms with Crippen molar-refractivity contribution in [1.82, 2.24) is 5.32 Å². The Morgan fingerprint density at radius 2 is 1.64 bits per heavy atom. The zero-order valence-corrected chi connectivity index (χ0v) is 13.0. The standard InChI is InChI=1S/C18H20N2O2/c1-14(21-16-7-5-4-6-8-16)20-18(2,3)22-17-11-9-15(13-19)10-12-17/h4-12,14,20H,1-3H3. The van der Waals surface area contributed by atoms with Crippen molar-refractivity contribution < 1.29 is 9.47 Å².